The largest absolute Gasteiger partial charge is 0.333 e. The lowest BCUT2D eigenvalue weighted by atomic mass is 9.94. The first kappa shape index (κ1) is 17.4. The number of carbonyl (C=O) groups excluding carboxylic acids is 1. The molecule has 0 saturated carbocycles. The zero-order chi connectivity index (χ0) is 19.1. The van der Waals surface area contributed by atoms with Crippen molar-refractivity contribution in [1.29, 1.82) is 0 Å². The molecule has 2 bridgehead atoms. The predicted molar refractivity (Wildman–Crippen MR) is 107 cm³/mol. The molecule has 1 amide bonds. The molecule has 0 radical (unpaired) electrons. The van der Waals surface area contributed by atoms with E-state index in [9.17, 15) is 4.79 Å². The van der Waals surface area contributed by atoms with Gasteiger partial charge in [-0.3, -0.25) is 19.1 Å². The van der Waals surface area contributed by atoms with Gasteiger partial charge in [0.2, 0.25) is 0 Å². The number of aromatic nitrogens is 3. The Morgan fingerprint density at radius 2 is 1.96 bits per heavy atom. The number of pyridine rings is 2. The summed E-state index contributed by atoms with van der Waals surface area (Å²) in [6.45, 7) is 5.68. The average molecular weight is 375 g/mol. The summed E-state index contributed by atoms with van der Waals surface area (Å²) in [5, 5.41) is 0. The number of carbonyl (C=O) groups is 1. The van der Waals surface area contributed by atoms with Crippen molar-refractivity contribution >= 4 is 11.6 Å². The van der Waals surface area contributed by atoms with E-state index >= 15 is 0 Å². The van der Waals surface area contributed by atoms with E-state index in [0.717, 1.165) is 43.9 Å². The minimum absolute atomic E-state index is 0.122. The SMILES string of the molecule is Cc1nc2ccccn2c1C(=O)N1C[C@H]2CC[C@@H]1CN(Cc1ccncc1)C2. The van der Waals surface area contributed by atoms with Gasteiger partial charge in [0.1, 0.15) is 11.3 Å². The van der Waals surface area contributed by atoms with Crippen LogP contribution in [-0.2, 0) is 6.54 Å². The van der Waals surface area contributed by atoms with Gasteiger partial charge in [-0.25, -0.2) is 4.98 Å². The molecule has 0 N–H and O–H groups in total. The third-order valence-electron chi connectivity index (χ3n) is 6.11. The van der Waals surface area contributed by atoms with Crippen LogP contribution in [0.1, 0.15) is 34.6 Å². The summed E-state index contributed by atoms with van der Waals surface area (Å²) in [7, 11) is 0. The lowest BCUT2D eigenvalue weighted by Crippen LogP contribution is -2.47. The predicted octanol–water partition coefficient (Wildman–Crippen LogP) is 2.77. The Balaban J connectivity index is 1.40. The molecule has 3 saturated heterocycles. The topological polar surface area (TPSA) is 53.7 Å². The van der Waals surface area contributed by atoms with Crippen LogP contribution in [0.25, 0.3) is 5.65 Å². The molecule has 0 aliphatic carbocycles. The summed E-state index contributed by atoms with van der Waals surface area (Å²) in [5.74, 6) is 0.653. The van der Waals surface area contributed by atoms with E-state index in [-0.39, 0.29) is 11.9 Å². The monoisotopic (exact) mass is 375 g/mol. The number of hydrogen-bond acceptors (Lipinski definition) is 4. The van der Waals surface area contributed by atoms with E-state index in [0.29, 0.717) is 11.6 Å². The van der Waals surface area contributed by atoms with Gasteiger partial charge in [-0.1, -0.05) is 6.07 Å². The Hall–Kier alpha value is -2.73. The first-order valence-electron chi connectivity index (χ1n) is 10.0. The van der Waals surface area contributed by atoms with Crippen LogP contribution < -0.4 is 0 Å². The molecule has 3 aliphatic rings. The molecule has 3 aromatic heterocycles. The molecule has 6 nitrogen and oxygen atoms in total. The maximum atomic E-state index is 13.5. The standard InChI is InChI=1S/C22H25N5O/c1-16-21(26-11-3-2-4-20(26)24-16)22(28)27-14-18-5-6-19(27)15-25(13-18)12-17-7-9-23-10-8-17/h2-4,7-11,18-19H,5-6,12-15H2,1H3/t18-,19+/m0/s1. The third-order valence-corrected chi connectivity index (χ3v) is 6.11. The van der Waals surface area contributed by atoms with Gasteiger partial charge in [0, 0.05) is 50.8 Å². The number of piperidine rings is 1. The minimum Gasteiger partial charge on any atom is -0.333 e. The average Bonchev–Trinajstić information content (AvgIpc) is 2.83. The number of hydrogen-bond donors (Lipinski definition) is 0. The van der Waals surface area contributed by atoms with E-state index < -0.39 is 0 Å². The molecule has 0 unspecified atom stereocenters. The quantitative estimate of drug-likeness (QED) is 0.706. The van der Waals surface area contributed by atoms with Crippen LogP contribution in [0.3, 0.4) is 0 Å². The molecule has 28 heavy (non-hydrogen) atoms. The van der Waals surface area contributed by atoms with Crippen LogP contribution in [0.4, 0.5) is 0 Å². The van der Waals surface area contributed by atoms with Crippen molar-refractivity contribution in [3.63, 3.8) is 0 Å². The van der Waals surface area contributed by atoms with Crippen molar-refractivity contribution in [3.8, 4) is 0 Å². The van der Waals surface area contributed by atoms with Crippen LogP contribution in [0.2, 0.25) is 0 Å². The number of fused-ring (bicyclic) bond motifs is 5. The van der Waals surface area contributed by atoms with Crippen molar-refractivity contribution in [2.24, 2.45) is 5.92 Å². The second-order valence-corrected chi connectivity index (χ2v) is 8.08. The third kappa shape index (κ3) is 3.07. The zero-order valence-corrected chi connectivity index (χ0v) is 16.2. The maximum absolute atomic E-state index is 13.5. The van der Waals surface area contributed by atoms with Gasteiger partial charge < -0.3 is 4.90 Å². The van der Waals surface area contributed by atoms with Crippen LogP contribution in [0.15, 0.2) is 48.9 Å². The highest BCUT2D eigenvalue weighted by atomic mass is 16.2. The summed E-state index contributed by atoms with van der Waals surface area (Å²) in [5.41, 5.74) is 3.64. The summed E-state index contributed by atoms with van der Waals surface area (Å²) in [4.78, 5) is 26.9. The summed E-state index contributed by atoms with van der Waals surface area (Å²) in [6, 6.07) is 10.3. The van der Waals surface area contributed by atoms with Gasteiger partial charge in [-0.15, -0.1) is 0 Å². The first-order chi connectivity index (χ1) is 13.7. The number of nitrogens with zero attached hydrogens (tertiary/aromatic N) is 5. The number of rotatable bonds is 3. The molecule has 3 aromatic rings. The van der Waals surface area contributed by atoms with E-state index in [1.807, 2.05) is 48.1 Å². The molecule has 6 heteroatoms. The fraction of sp³-hybridized carbons (Fsp3) is 0.409. The van der Waals surface area contributed by atoms with Crippen molar-refractivity contribution in [3.05, 3.63) is 65.9 Å². The smallest absolute Gasteiger partial charge is 0.273 e. The molecule has 6 rings (SSSR count). The van der Waals surface area contributed by atoms with Gasteiger partial charge in [-0.2, -0.15) is 0 Å². The Morgan fingerprint density at radius 3 is 2.82 bits per heavy atom. The fourth-order valence-corrected chi connectivity index (χ4v) is 4.81. The van der Waals surface area contributed by atoms with Gasteiger partial charge >= 0.3 is 0 Å². The molecule has 3 fully saturated rings. The van der Waals surface area contributed by atoms with Gasteiger partial charge in [0.05, 0.1) is 5.69 Å². The maximum Gasteiger partial charge on any atom is 0.273 e. The normalized spacial score (nSPS) is 22.5. The van der Waals surface area contributed by atoms with E-state index in [1.165, 1.54) is 12.0 Å². The molecule has 144 valence electrons. The number of amides is 1. The minimum atomic E-state index is 0.122. The molecular formula is C22H25N5O. The van der Waals surface area contributed by atoms with Crippen LogP contribution in [-0.4, -0.2) is 55.8 Å². The van der Waals surface area contributed by atoms with Crippen molar-refractivity contribution in [2.75, 3.05) is 19.6 Å². The number of imidazole rings is 1. The van der Waals surface area contributed by atoms with Gasteiger partial charge in [-0.05, 0) is 55.5 Å². The Labute approximate surface area is 164 Å². The van der Waals surface area contributed by atoms with Crippen molar-refractivity contribution in [2.45, 2.75) is 32.4 Å². The molecule has 0 aromatic carbocycles. The fourth-order valence-electron chi connectivity index (χ4n) is 4.81. The Kier molecular flexibility index (Phi) is 4.36. The Morgan fingerprint density at radius 1 is 1.11 bits per heavy atom. The highest BCUT2D eigenvalue weighted by molar-refractivity contribution is 5.95. The highest BCUT2D eigenvalue weighted by Crippen LogP contribution is 2.30. The van der Waals surface area contributed by atoms with E-state index in [2.05, 4.69) is 31.9 Å². The lowest BCUT2D eigenvalue weighted by Gasteiger charge is -2.36. The van der Waals surface area contributed by atoms with Crippen LogP contribution >= 0.6 is 0 Å². The van der Waals surface area contributed by atoms with E-state index in [4.69, 9.17) is 0 Å². The van der Waals surface area contributed by atoms with Gasteiger partial charge in [0.15, 0.2) is 0 Å². The molecule has 2 atom stereocenters. The second-order valence-electron chi connectivity index (χ2n) is 8.08. The van der Waals surface area contributed by atoms with Gasteiger partial charge in [0.25, 0.3) is 5.91 Å². The summed E-state index contributed by atoms with van der Waals surface area (Å²) in [6.07, 6.45) is 7.93. The zero-order valence-electron chi connectivity index (χ0n) is 16.2. The summed E-state index contributed by atoms with van der Waals surface area (Å²) < 4.78 is 1.94. The van der Waals surface area contributed by atoms with Crippen molar-refractivity contribution in [1.82, 2.24) is 24.2 Å². The Bertz CT molecular complexity index is 999. The second kappa shape index (κ2) is 7.02. The molecule has 0 spiro atoms. The first-order valence-corrected chi connectivity index (χ1v) is 10.0. The van der Waals surface area contributed by atoms with Crippen molar-refractivity contribution < 1.29 is 4.79 Å². The molecule has 6 heterocycles. The molecular weight excluding hydrogens is 350 g/mol. The van der Waals surface area contributed by atoms with E-state index in [1.54, 1.807) is 0 Å². The molecule has 3 aliphatic heterocycles. The van der Waals surface area contributed by atoms with Crippen LogP contribution in [0, 0.1) is 12.8 Å². The highest BCUT2D eigenvalue weighted by Gasteiger charge is 2.38. The number of aryl methyl sites for hydroxylation is 1. The summed E-state index contributed by atoms with van der Waals surface area (Å²) >= 11 is 0. The lowest BCUT2D eigenvalue weighted by molar-refractivity contribution is 0.0577. The van der Waals surface area contributed by atoms with Crippen LogP contribution in [0.5, 0.6) is 0 Å².